The van der Waals surface area contributed by atoms with Gasteiger partial charge in [-0.15, -0.1) is 0 Å². The number of rotatable bonds is 4. The number of nitrogens with one attached hydrogen (secondary N) is 2. The molecule has 108 valence electrons. The Kier molecular flexibility index (Phi) is 4.20. The Morgan fingerprint density at radius 3 is 2.62 bits per heavy atom. The molecule has 1 amide bonds. The summed E-state index contributed by atoms with van der Waals surface area (Å²) in [5.41, 5.74) is 1.86. The van der Waals surface area contributed by atoms with Crippen molar-refractivity contribution in [1.82, 2.24) is 4.98 Å². The smallest absolute Gasteiger partial charge is 0.228 e. The van der Waals surface area contributed by atoms with E-state index in [0.717, 1.165) is 35.1 Å². The Hall–Kier alpha value is -1.88. The monoisotopic (exact) mass is 345 g/mol. The van der Waals surface area contributed by atoms with Crippen molar-refractivity contribution in [2.75, 3.05) is 10.6 Å². The summed E-state index contributed by atoms with van der Waals surface area (Å²) in [5, 5.41) is 6.13. The van der Waals surface area contributed by atoms with Crippen LogP contribution in [0.15, 0.2) is 47.1 Å². The zero-order valence-corrected chi connectivity index (χ0v) is 13.1. The summed E-state index contributed by atoms with van der Waals surface area (Å²) >= 11 is 3.49. The standard InChI is InChI=1S/C16H16BrN3O/c17-13-6-1-2-7-14(13)19-12-8-9-15(18-10-12)20-16(21)11-4-3-5-11/h1-2,6-11,19H,3-5H2,(H,18,20,21). The van der Waals surface area contributed by atoms with E-state index in [-0.39, 0.29) is 11.8 Å². The maximum Gasteiger partial charge on any atom is 0.228 e. The lowest BCUT2D eigenvalue weighted by Gasteiger charge is -2.23. The van der Waals surface area contributed by atoms with Gasteiger partial charge in [-0.05, 0) is 53.0 Å². The average molecular weight is 346 g/mol. The van der Waals surface area contributed by atoms with E-state index in [1.165, 1.54) is 0 Å². The highest BCUT2D eigenvalue weighted by Gasteiger charge is 2.25. The van der Waals surface area contributed by atoms with Crippen molar-refractivity contribution < 1.29 is 4.79 Å². The van der Waals surface area contributed by atoms with Gasteiger partial charge in [0.15, 0.2) is 0 Å². The predicted octanol–water partition coefficient (Wildman–Crippen LogP) is 4.33. The Morgan fingerprint density at radius 1 is 1.19 bits per heavy atom. The molecule has 0 atom stereocenters. The fourth-order valence-corrected chi connectivity index (χ4v) is 2.54. The van der Waals surface area contributed by atoms with Crippen LogP contribution in [0, 0.1) is 5.92 Å². The van der Waals surface area contributed by atoms with E-state index in [9.17, 15) is 4.79 Å². The van der Waals surface area contributed by atoms with Gasteiger partial charge in [0.1, 0.15) is 5.82 Å². The van der Waals surface area contributed by atoms with Crippen molar-refractivity contribution in [3.63, 3.8) is 0 Å². The third-order valence-electron chi connectivity index (χ3n) is 3.64. The van der Waals surface area contributed by atoms with Crippen LogP contribution >= 0.6 is 15.9 Å². The number of nitrogens with zero attached hydrogens (tertiary/aromatic N) is 1. The van der Waals surface area contributed by atoms with Gasteiger partial charge in [0.25, 0.3) is 0 Å². The quantitative estimate of drug-likeness (QED) is 0.867. The van der Waals surface area contributed by atoms with Crippen LogP contribution in [0.5, 0.6) is 0 Å². The normalized spacial score (nSPS) is 14.3. The summed E-state index contributed by atoms with van der Waals surface area (Å²) in [6.07, 6.45) is 4.86. The molecule has 1 saturated carbocycles. The Balaban J connectivity index is 1.64. The molecule has 1 aromatic heterocycles. The van der Waals surface area contributed by atoms with Gasteiger partial charge in [0.05, 0.1) is 17.6 Å². The van der Waals surface area contributed by atoms with Crippen LogP contribution in [0.2, 0.25) is 0 Å². The molecule has 1 fully saturated rings. The van der Waals surface area contributed by atoms with Gasteiger partial charge in [-0.3, -0.25) is 4.79 Å². The molecule has 0 bridgehead atoms. The van der Waals surface area contributed by atoms with E-state index in [1.807, 2.05) is 36.4 Å². The second-order valence-electron chi connectivity index (χ2n) is 5.15. The predicted molar refractivity (Wildman–Crippen MR) is 87.6 cm³/mol. The molecule has 0 aliphatic heterocycles. The van der Waals surface area contributed by atoms with Gasteiger partial charge in [-0.2, -0.15) is 0 Å². The molecule has 2 N–H and O–H groups in total. The molecule has 3 rings (SSSR count). The van der Waals surface area contributed by atoms with Crippen LogP contribution in [0.25, 0.3) is 0 Å². The van der Waals surface area contributed by atoms with E-state index in [0.29, 0.717) is 5.82 Å². The Morgan fingerprint density at radius 2 is 2.00 bits per heavy atom. The molecule has 2 aromatic rings. The molecule has 1 aromatic carbocycles. The van der Waals surface area contributed by atoms with Crippen molar-refractivity contribution in [2.45, 2.75) is 19.3 Å². The number of pyridine rings is 1. The van der Waals surface area contributed by atoms with Crippen LogP contribution in [0.1, 0.15) is 19.3 Å². The van der Waals surface area contributed by atoms with E-state index in [1.54, 1.807) is 6.20 Å². The lowest BCUT2D eigenvalue weighted by molar-refractivity contribution is -0.122. The summed E-state index contributed by atoms with van der Waals surface area (Å²) in [6, 6.07) is 11.6. The number of halogens is 1. The maximum atomic E-state index is 11.8. The molecular formula is C16H16BrN3O. The highest BCUT2D eigenvalue weighted by atomic mass is 79.9. The van der Waals surface area contributed by atoms with Gasteiger partial charge in [-0.25, -0.2) is 4.98 Å². The third-order valence-corrected chi connectivity index (χ3v) is 4.34. The largest absolute Gasteiger partial charge is 0.353 e. The molecule has 0 spiro atoms. The summed E-state index contributed by atoms with van der Waals surface area (Å²) < 4.78 is 0.993. The van der Waals surface area contributed by atoms with E-state index in [2.05, 4.69) is 31.5 Å². The third kappa shape index (κ3) is 3.42. The first-order chi connectivity index (χ1) is 10.2. The number of benzene rings is 1. The van der Waals surface area contributed by atoms with Crippen molar-refractivity contribution in [3.8, 4) is 0 Å². The number of amides is 1. The maximum absolute atomic E-state index is 11.8. The molecule has 1 aliphatic rings. The van der Waals surface area contributed by atoms with E-state index < -0.39 is 0 Å². The van der Waals surface area contributed by atoms with Gasteiger partial charge >= 0.3 is 0 Å². The minimum absolute atomic E-state index is 0.0836. The summed E-state index contributed by atoms with van der Waals surface area (Å²) in [5.74, 6) is 0.856. The molecule has 1 heterocycles. The average Bonchev–Trinajstić information content (AvgIpc) is 2.41. The molecule has 1 aliphatic carbocycles. The highest BCUT2D eigenvalue weighted by Crippen LogP contribution is 2.28. The first-order valence-electron chi connectivity index (χ1n) is 7.01. The first-order valence-corrected chi connectivity index (χ1v) is 7.80. The topological polar surface area (TPSA) is 54.0 Å². The fraction of sp³-hybridized carbons (Fsp3) is 0.250. The zero-order valence-electron chi connectivity index (χ0n) is 11.5. The molecule has 0 unspecified atom stereocenters. The van der Waals surface area contributed by atoms with Gasteiger partial charge in [0, 0.05) is 10.4 Å². The van der Waals surface area contributed by atoms with Crippen molar-refractivity contribution in [2.24, 2.45) is 5.92 Å². The number of carbonyl (C=O) groups is 1. The molecule has 0 saturated heterocycles. The minimum atomic E-state index is 0.0836. The number of aromatic nitrogens is 1. The van der Waals surface area contributed by atoms with Crippen molar-refractivity contribution in [3.05, 3.63) is 47.1 Å². The summed E-state index contributed by atoms with van der Waals surface area (Å²) in [4.78, 5) is 16.1. The van der Waals surface area contributed by atoms with Crippen LogP contribution in [0.4, 0.5) is 17.2 Å². The lowest BCUT2D eigenvalue weighted by atomic mass is 9.85. The molecule has 21 heavy (non-hydrogen) atoms. The minimum Gasteiger partial charge on any atom is -0.353 e. The van der Waals surface area contributed by atoms with Gasteiger partial charge in [0.2, 0.25) is 5.91 Å². The summed E-state index contributed by atoms with van der Waals surface area (Å²) in [6.45, 7) is 0. The lowest BCUT2D eigenvalue weighted by Crippen LogP contribution is -2.28. The van der Waals surface area contributed by atoms with Crippen molar-refractivity contribution >= 4 is 39.0 Å². The SMILES string of the molecule is O=C(Nc1ccc(Nc2ccccc2Br)cn1)C1CCC1. The van der Waals surface area contributed by atoms with Gasteiger partial charge in [-0.1, -0.05) is 18.6 Å². The number of carbonyl (C=O) groups excluding carboxylic acids is 1. The summed E-state index contributed by atoms with van der Waals surface area (Å²) in [7, 11) is 0. The van der Waals surface area contributed by atoms with Crippen molar-refractivity contribution in [1.29, 1.82) is 0 Å². The van der Waals surface area contributed by atoms with E-state index >= 15 is 0 Å². The number of hydrogen-bond donors (Lipinski definition) is 2. The number of hydrogen-bond acceptors (Lipinski definition) is 3. The molecule has 5 heteroatoms. The van der Waals surface area contributed by atoms with Crippen LogP contribution in [-0.4, -0.2) is 10.9 Å². The zero-order chi connectivity index (χ0) is 14.7. The number of para-hydroxylation sites is 1. The van der Waals surface area contributed by atoms with Crippen LogP contribution < -0.4 is 10.6 Å². The van der Waals surface area contributed by atoms with Crippen LogP contribution in [0.3, 0.4) is 0 Å². The second kappa shape index (κ2) is 6.26. The molecule has 0 radical (unpaired) electrons. The Labute approximate surface area is 132 Å². The first kappa shape index (κ1) is 14.1. The number of anilines is 3. The van der Waals surface area contributed by atoms with Gasteiger partial charge < -0.3 is 10.6 Å². The fourth-order valence-electron chi connectivity index (χ4n) is 2.16. The Bertz CT molecular complexity index is 638. The molecule has 4 nitrogen and oxygen atoms in total. The van der Waals surface area contributed by atoms with Crippen LogP contribution in [-0.2, 0) is 4.79 Å². The second-order valence-corrected chi connectivity index (χ2v) is 6.01. The highest BCUT2D eigenvalue weighted by molar-refractivity contribution is 9.10. The van der Waals surface area contributed by atoms with E-state index in [4.69, 9.17) is 0 Å². The molecular weight excluding hydrogens is 330 g/mol.